The average Bonchev–Trinajstić information content (AvgIpc) is 2.44. The first-order valence-corrected chi connectivity index (χ1v) is 8.20. The Bertz CT molecular complexity index is 779. The van der Waals surface area contributed by atoms with Gasteiger partial charge in [-0.1, -0.05) is 29.3 Å². The molecule has 0 saturated carbocycles. The number of aromatic nitrogens is 1. The second-order valence-corrected chi connectivity index (χ2v) is 6.89. The molecule has 21 heavy (non-hydrogen) atoms. The van der Waals surface area contributed by atoms with Crippen LogP contribution in [0.1, 0.15) is 11.3 Å². The number of benzene rings is 1. The van der Waals surface area contributed by atoms with Gasteiger partial charge in [-0.05, 0) is 30.7 Å². The number of hydrogen-bond acceptors (Lipinski definition) is 4. The van der Waals surface area contributed by atoms with Gasteiger partial charge in [0.25, 0.3) is 0 Å². The lowest BCUT2D eigenvalue weighted by atomic mass is 10.2. The van der Waals surface area contributed by atoms with Crippen molar-refractivity contribution in [2.75, 3.05) is 5.73 Å². The molecule has 0 saturated heterocycles. The topological polar surface area (TPSA) is 85.1 Å². The van der Waals surface area contributed by atoms with Crippen LogP contribution >= 0.6 is 23.2 Å². The predicted molar refractivity (Wildman–Crippen MR) is 83.9 cm³/mol. The summed E-state index contributed by atoms with van der Waals surface area (Å²) in [5, 5.41) is 0.118. The van der Waals surface area contributed by atoms with Crippen molar-refractivity contribution >= 4 is 38.9 Å². The molecule has 5 nitrogen and oxygen atoms in total. The van der Waals surface area contributed by atoms with Gasteiger partial charge in [0.15, 0.2) is 0 Å². The Morgan fingerprint density at radius 3 is 2.67 bits per heavy atom. The molecule has 2 aromatic rings. The second-order valence-electron chi connectivity index (χ2n) is 4.36. The van der Waals surface area contributed by atoms with E-state index in [2.05, 4.69) is 9.71 Å². The third-order valence-electron chi connectivity index (χ3n) is 2.93. The highest BCUT2D eigenvalue weighted by atomic mass is 35.5. The van der Waals surface area contributed by atoms with E-state index in [0.717, 1.165) is 5.56 Å². The Labute approximate surface area is 133 Å². The molecule has 0 atom stereocenters. The number of sulfonamides is 1. The van der Waals surface area contributed by atoms with Gasteiger partial charge in [-0.2, -0.15) is 0 Å². The van der Waals surface area contributed by atoms with Crippen LogP contribution in [-0.2, 0) is 16.6 Å². The molecular formula is C13H13Cl2N3O2S. The lowest BCUT2D eigenvalue weighted by Crippen LogP contribution is -2.24. The van der Waals surface area contributed by atoms with E-state index in [4.69, 9.17) is 28.9 Å². The van der Waals surface area contributed by atoms with Crippen molar-refractivity contribution in [1.82, 2.24) is 9.71 Å². The summed E-state index contributed by atoms with van der Waals surface area (Å²) in [7, 11) is -3.81. The molecule has 0 aliphatic rings. The number of aryl methyl sites for hydroxylation is 1. The molecule has 0 fully saturated rings. The molecule has 1 aromatic carbocycles. The van der Waals surface area contributed by atoms with E-state index in [1.54, 1.807) is 12.3 Å². The lowest BCUT2D eigenvalue weighted by Gasteiger charge is -2.11. The highest BCUT2D eigenvalue weighted by Gasteiger charge is 2.20. The van der Waals surface area contributed by atoms with Crippen LogP contribution in [0.25, 0.3) is 0 Å². The van der Waals surface area contributed by atoms with Gasteiger partial charge in [0.05, 0.1) is 28.0 Å². The Hall–Kier alpha value is -1.34. The first-order valence-electron chi connectivity index (χ1n) is 5.96. The van der Waals surface area contributed by atoms with Gasteiger partial charge >= 0.3 is 0 Å². The summed E-state index contributed by atoms with van der Waals surface area (Å²) in [6, 6.07) is 6.34. The first-order chi connectivity index (χ1) is 9.83. The molecule has 0 amide bonds. The number of nitrogens with one attached hydrogen (secondary N) is 1. The van der Waals surface area contributed by atoms with Gasteiger partial charge in [-0.3, -0.25) is 4.98 Å². The zero-order valence-electron chi connectivity index (χ0n) is 11.1. The van der Waals surface area contributed by atoms with Crippen LogP contribution in [0.2, 0.25) is 10.0 Å². The fourth-order valence-corrected chi connectivity index (χ4v) is 3.45. The molecule has 3 N–H and O–H groups in total. The summed E-state index contributed by atoms with van der Waals surface area (Å²) in [5.41, 5.74) is 7.21. The molecule has 1 aromatic heterocycles. The zero-order valence-corrected chi connectivity index (χ0v) is 13.4. The van der Waals surface area contributed by atoms with Crippen molar-refractivity contribution in [3.05, 3.63) is 51.8 Å². The number of hydrogen-bond donors (Lipinski definition) is 2. The van der Waals surface area contributed by atoms with Crippen molar-refractivity contribution in [2.24, 2.45) is 0 Å². The summed E-state index contributed by atoms with van der Waals surface area (Å²) in [4.78, 5) is 4.01. The maximum Gasteiger partial charge on any atom is 0.242 e. The van der Waals surface area contributed by atoms with Crippen LogP contribution in [0.4, 0.5) is 5.69 Å². The minimum atomic E-state index is -3.81. The summed E-state index contributed by atoms with van der Waals surface area (Å²) < 4.78 is 27.0. The van der Waals surface area contributed by atoms with E-state index in [1.165, 1.54) is 12.1 Å². The van der Waals surface area contributed by atoms with E-state index in [9.17, 15) is 8.42 Å². The third-order valence-corrected chi connectivity index (χ3v) is 5.22. The summed E-state index contributed by atoms with van der Waals surface area (Å²) in [6.07, 6.45) is 1.60. The van der Waals surface area contributed by atoms with Crippen LogP contribution in [0.5, 0.6) is 0 Å². The summed E-state index contributed by atoms with van der Waals surface area (Å²) >= 11 is 11.7. The number of nitrogen functional groups attached to an aromatic ring is 1. The Morgan fingerprint density at radius 2 is 2.00 bits per heavy atom. The van der Waals surface area contributed by atoms with Gasteiger partial charge in [-0.25, -0.2) is 13.1 Å². The van der Waals surface area contributed by atoms with Crippen molar-refractivity contribution in [1.29, 1.82) is 0 Å². The van der Waals surface area contributed by atoms with E-state index >= 15 is 0 Å². The summed E-state index contributed by atoms with van der Waals surface area (Å²) in [6.45, 7) is 1.91. The molecular weight excluding hydrogens is 333 g/mol. The van der Waals surface area contributed by atoms with Crippen molar-refractivity contribution in [3.8, 4) is 0 Å². The van der Waals surface area contributed by atoms with Gasteiger partial charge in [0, 0.05) is 6.20 Å². The number of nitrogens with zero attached hydrogens (tertiary/aromatic N) is 1. The predicted octanol–water partition coefficient (Wildman–Crippen LogP) is 2.76. The van der Waals surface area contributed by atoms with Crippen LogP contribution in [-0.4, -0.2) is 13.4 Å². The molecule has 0 bridgehead atoms. The largest absolute Gasteiger partial charge is 0.396 e. The van der Waals surface area contributed by atoms with E-state index < -0.39 is 10.0 Å². The first kappa shape index (κ1) is 16.0. The summed E-state index contributed by atoms with van der Waals surface area (Å²) in [5.74, 6) is 0. The highest BCUT2D eigenvalue weighted by Crippen LogP contribution is 2.32. The van der Waals surface area contributed by atoms with Gasteiger partial charge in [-0.15, -0.1) is 0 Å². The van der Waals surface area contributed by atoms with E-state index in [-0.39, 0.29) is 27.2 Å². The maximum absolute atomic E-state index is 12.3. The molecule has 0 aliphatic heterocycles. The highest BCUT2D eigenvalue weighted by molar-refractivity contribution is 7.89. The fraction of sp³-hybridized carbons (Fsp3) is 0.154. The van der Waals surface area contributed by atoms with Crippen LogP contribution in [0, 0.1) is 6.92 Å². The number of nitrogens with two attached hydrogens (primary N) is 1. The third kappa shape index (κ3) is 3.47. The smallest absolute Gasteiger partial charge is 0.242 e. The minimum absolute atomic E-state index is 0.0372. The SMILES string of the molecule is Cc1cccnc1CNS(=O)(=O)c1ccc(Cl)c(N)c1Cl. The Balaban J connectivity index is 2.28. The Morgan fingerprint density at radius 1 is 1.29 bits per heavy atom. The van der Waals surface area contributed by atoms with E-state index in [1.807, 2.05) is 13.0 Å². The molecule has 0 unspecified atom stereocenters. The number of halogens is 2. The van der Waals surface area contributed by atoms with Crippen LogP contribution < -0.4 is 10.5 Å². The van der Waals surface area contributed by atoms with Crippen molar-refractivity contribution in [3.63, 3.8) is 0 Å². The molecule has 0 spiro atoms. The minimum Gasteiger partial charge on any atom is -0.396 e. The molecule has 2 rings (SSSR count). The maximum atomic E-state index is 12.3. The van der Waals surface area contributed by atoms with Gasteiger partial charge in [0.2, 0.25) is 10.0 Å². The average molecular weight is 346 g/mol. The molecule has 112 valence electrons. The van der Waals surface area contributed by atoms with Crippen LogP contribution in [0.15, 0.2) is 35.4 Å². The van der Waals surface area contributed by atoms with Crippen LogP contribution in [0.3, 0.4) is 0 Å². The fourth-order valence-electron chi connectivity index (χ4n) is 1.70. The monoisotopic (exact) mass is 345 g/mol. The van der Waals surface area contributed by atoms with Crippen molar-refractivity contribution in [2.45, 2.75) is 18.4 Å². The second kappa shape index (κ2) is 6.19. The van der Waals surface area contributed by atoms with Gasteiger partial charge < -0.3 is 5.73 Å². The Kier molecular flexibility index (Phi) is 4.73. The molecule has 1 heterocycles. The zero-order chi connectivity index (χ0) is 15.6. The molecule has 0 radical (unpaired) electrons. The van der Waals surface area contributed by atoms with E-state index in [0.29, 0.717) is 5.69 Å². The lowest BCUT2D eigenvalue weighted by molar-refractivity contribution is 0.580. The number of anilines is 1. The molecule has 8 heteroatoms. The number of pyridine rings is 1. The standard InChI is InChI=1S/C13H13Cl2N3O2S/c1-8-3-2-6-17-10(8)7-18-21(19,20)11-5-4-9(14)13(16)12(11)15/h2-6,18H,7,16H2,1H3. The molecule has 0 aliphatic carbocycles. The normalized spacial score (nSPS) is 11.6. The van der Waals surface area contributed by atoms with Crippen molar-refractivity contribution < 1.29 is 8.42 Å². The number of rotatable bonds is 4. The van der Waals surface area contributed by atoms with Gasteiger partial charge in [0.1, 0.15) is 4.90 Å². The quantitative estimate of drug-likeness (QED) is 0.834.